The number of nitrogens with one attached hydrogen (secondary N) is 1. The molecule has 110 valence electrons. The number of carbonyl (C=O) groups excluding carboxylic acids is 1. The van der Waals surface area contributed by atoms with Crippen LogP contribution in [0.25, 0.3) is 0 Å². The van der Waals surface area contributed by atoms with Crippen LogP contribution in [0.5, 0.6) is 5.75 Å². The van der Waals surface area contributed by atoms with Crippen LogP contribution < -0.4 is 10.1 Å². The SMILES string of the molecule is O=C(COc1ccc(Br)cc1Br)Nc1ccc(Br)cc1Cl. The van der Waals surface area contributed by atoms with Crippen molar-refractivity contribution in [2.45, 2.75) is 0 Å². The number of halogens is 4. The van der Waals surface area contributed by atoms with Gasteiger partial charge in [0.1, 0.15) is 5.75 Å². The van der Waals surface area contributed by atoms with Crippen molar-refractivity contribution in [1.29, 1.82) is 0 Å². The van der Waals surface area contributed by atoms with E-state index in [4.69, 9.17) is 16.3 Å². The molecular weight excluding hydrogens is 489 g/mol. The Balaban J connectivity index is 1.96. The quantitative estimate of drug-likeness (QED) is 0.592. The molecule has 0 aliphatic carbocycles. The number of hydrogen-bond acceptors (Lipinski definition) is 2. The molecule has 0 aromatic heterocycles. The van der Waals surface area contributed by atoms with Gasteiger partial charge in [-0.15, -0.1) is 0 Å². The number of ether oxygens (including phenoxy) is 1. The zero-order valence-corrected chi connectivity index (χ0v) is 16.0. The topological polar surface area (TPSA) is 38.3 Å². The van der Waals surface area contributed by atoms with Gasteiger partial charge in [-0.1, -0.05) is 43.5 Å². The van der Waals surface area contributed by atoms with Crippen molar-refractivity contribution < 1.29 is 9.53 Å². The molecule has 7 heteroatoms. The molecule has 0 unspecified atom stereocenters. The van der Waals surface area contributed by atoms with Crippen molar-refractivity contribution in [3.05, 3.63) is 54.8 Å². The van der Waals surface area contributed by atoms with Gasteiger partial charge in [0, 0.05) is 8.95 Å². The predicted octanol–water partition coefficient (Wildman–Crippen LogP) is 5.65. The maximum Gasteiger partial charge on any atom is 0.262 e. The van der Waals surface area contributed by atoms with Crippen molar-refractivity contribution >= 4 is 71.0 Å². The average Bonchev–Trinajstić information content (AvgIpc) is 2.41. The van der Waals surface area contributed by atoms with Gasteiger partial charge in [0.15, 0.2) is 6.61 Å². The van der Waals surface area contributed by atoms with Crippen LogP contribution in [0.2, 0.25) is 5.02 Å². The number of anilines is 1. The molecule has 1 amide bonds. The predicted molar refractivity (Wildman–Crippen MR) is 95.1 cm³/mol. The standard InChI is InChI=1S/C14H9Br3ClNO2/c15-8-2-4-13(10(17)5-8)21-7-14(20)19-12-3-1-9(16)6-11(12)18/h1-6H,7H2,(H,19,20). The van der Waals surface area contributed by atoms with E-state index in [9.17, 15) is 4.79 Å². The molecule has 0 fully saturated rings. The fourth-order valence-electron chi connectivity index (χ4n) is 1.51. The third-order valence-electron chi connectivity index (χ3n) is 2.46. The molecule has 2 aromatic rings. The summed E-state index contributed by atoms with van der Waals surface area (Å²) in [4.78, 5) is 11.9. The molecule has 0 atom stereocenters. The third kappa shape index (κ3) is 4.98. The number of hydrogen-bond donors (Lipinski definition) is 1. The Morgan fingerprint density at radius 2 is 1.76 bits per heavy atom. The molecule has 0 aliphatic heterocycles. The summed E-state index contributed by atoms with van der Waals surface area (Å²) in [5.41, 5.74) is 0.545. The summed E-state index contributed by atoms with van der Waals surface area (Å²) >= 11 is 16.1. The van der Waals surface area contributed by atoms with Crippen molar-refractivity contribution in [3.8, 4) is 5.75 Å². The second-order valence-corrected chi connectivity index (χ2v) is 7.13. The fraction of sp³-hybridized carbons (Fsp3) is 0.0714. The largest absolute Gasteiger partial charge is 0.483 e. The summed E-state index contributed by atoms with van der Waals surface area (Å²) in [7, 11) is 0. The van der Waals surface area contributed by atoms with Crippen LogP contribution in [0.3, 0.4) is 0 Å². The van der Waals surface area contributed by atoms with Crippen molar-refractivity contribution in [1.82, 2.24) is 0 Å². The summed E-state index contributed by atoms with van der Waals surface area (Å²) in [5.74, 6) is 0.310. The van der Waals surface area contributed by atoms with E-state index in [1.807, 2.05) is 12.1 Å². The lowest BCUT2D eigenvalue weighted by Gasteiger charge is -2.10. The zero-order valence-electron chi connectivity index (χ0n) is 10.5. The summed E-state index contributed by atoms with van der Waals surface area (Å²) in [6, 6.07) is 10.7. The van der Waals surface area contributed by atoms with E-state index in [1.54, 1.807) is 24.3 Å². The number of rotatable bonds is 4. The number of amides is 1. The Bertz CT molecular complexity index is 679. The molecule has 0 spiro atoms. The molecule has 0 heterocycles. The first-order valence-corrected chi connectivity index (χ1v) is 8.54. The minimum absolute atomic E-state index is 0.105. The molecule has 0 bridgehead atoms. The minimum Gasteiger partial charge on any atom is -0.483 e. The van der Waals surface area contributed by atoms with Crippen LogP contribution >= 0.6 is 59.4 Å². The number of benzene rings is 2. The normalized spacial score (nSPS) is 10.3. The van der Waals surface area contributed by atoms with Gasteiger partial charge in [-0.2, -0.15) is 0 Å². The molecule has 2 rings (SSSR count). The average molecular weight is 498 g/mol. The molecule has 0 radical (unpaired) electrons. The highest BCUT2D eigenvalue weighted by Gasteiger charge is 2.09. The van der Waals surface area contributed by atoms with Crippen LogP contribution in [0.1, 0.15) is 0 Å². The molecule has 0 aliphatic rings. The van der Waals surface area contributed by atoms with E-state index >= 15 is 0 Å². The molecule has 21 heavy (non-hydrogen) atoms. The number of carbonyl (C=O) groups is 1. The van der Waals surface area contributed by atoms with Gasteiger partial charge in [0.05, 0.1) is 15.2 Å². The van der Waals surface area contributed by atoms with Gasteiger partial charge < -0.3 is 10.1 Å². The summed E-state index contributed by atoms with van der Waals surface area (Å²) < 4.78 is 8.00. The molecule has 0 saturated heterocycles. The highest BCUT2D eigenvalue weighted by Crippen LogP contribution is 2.28. The maximum absolute atomic E-state index is 11.9. The smallest absolute Gasteiger partial charge is 0.262 e. The van der Waals surface area contributed by atoms with E-state index in [1.165, 1.54) is 0 Å². The van der Waals surface area contributed by atoms with Crippen molar-refractivity contribution in [2.24, 2.45) is 0 Å². The molecule has 1 N–H and O–H groups in total. The van der Waals surface area contributed by atoms with Crippen LogP contribution in [0.15, 0.2) is 49.8 Å². The molecule has 2 aromatic carbocycles. The summed E-state index contributed by atoms with van der Waals surface area (Å²) in [6.07, 6.45) is 0. The van der Waals surface area contributed by atoms with Crippen LogP contribution in [0, 0.1) is 0 Å². The Hall–Kier alpha value is -0.560. The lowest BCUT2D eigenvalue weighted by Crippen LogP contribution is -2.20. The van der Waals surface area contributed by atoms with Gasteiger partial charge in [-0.3, -0.25) is 4.79 Å². The van der Waals surface area contributed by atoms with Crippen LogP contribution in [-0.2, 0) is 4.79 Å². The third-order valence-corrected chi connectivity index (χ3v) is 4.38. The van der Waals surface area contributed by atoms with Gasteiger partial charge >= 0.3 is 0 Å². The maximum atomic E-state index is 11.9. The van der Waals surface area contributed by atoms with Gasteiger partial charge in [-0.05, 0) is 52.3 Å². The minimum atomic E-state index is -0.283. The van der Waals surface area contributed by atoms with E-state index in [-0.39, 0.29) is 12.5 Å². The highest BCUT2D eigenvalue weighted by atomic mass is 79.9. The van der Waals surface area contributed by atoms with Crippen molar-refractivity contribution in [2.75, 3.05) is 11.9 Å². The second kappa shape index (κ2) is 7.63. The molecule has 0 saturated carbocycles. The summed E-state index contributed by atoms with van der Waals surface area (Å²) in [6.45, 7) is -0.105. The van der Waals surface area contributed by atoms with E-state index in [0.29, 0.717) is 16.5 Å². The lowest BCUT2D eigenvalue weighted by molar-refractivity contribution is -0.118. The van der Waals surface area contributed by atoms with Crippen LogP contribution in [0.4, 0.5) is 5.69 Å². The fourth-order valence-corrected chi connectivity index (χ4v) is 3.39. The molecule has 3 nitrogen and oxygen atoms in total. The second-order valence-electron chi connectivity index (χ2n) is 4.04. The zero-order chi connectivity index (χ0) is 15.4. The first kappa shape index (κ1) is 16.8. The van der Waals surface area contributed by atoms with Crippen molar-refractivity contribution in [3.63, 3.8) is 0 Å². The van der Waals surface area contributed by atoms with Gasteiger partial charge in [0.2, 0.25) is 0 Å². The highest BCUT2D eigenvalue weighted by molar-refractivity contribution is 9.11. The van der Waals surface area contributed by atoms with E-state index in [0.717, 1.165) is 13.4 Å². The summed E-state index contributed by atoms with van der Waals surface area (Å²) in [5, 5.41) is 3.16. The van der Waals surface area contributed by atoms with E-state index in [2.05, 4.69) is 53.1 Å². The van der Waals surface area contributed by atoms with Crippen LogP contribution in [-0.4, -0.2) is 12.5 Å². The first-order chi connectivity index (χ1) is 9.95. The Kier molecular flexibility index (Phi) is 6.10. The van der Waals surface area contributed by atoms with Gasteiger partial charge in [-0.25, -0.2) is 0 Å². The monoisotopic (exact) mass is 495 g/mol. The lowest BCUT2D eigenvalue weighted by atomic mass is 10.3. The Morgan fingerprint density at radius 3 is 2.43 bits per heavy atom. The van der Waals surface area contributed by atoms with Gasteiger partial charge in [0.25, 0.3) is 5.91 Å². The Labute approximate surface area is 152 Å². The first-order valence-electron chi connectivity index (χ1n) is 5.78. The van der Waals surface area contributed by atoms with E-state index < -0.39 is 0 Å². The molecular formula is C14H9Br3ClNO2. The Morgan fingerprint density at radius 1 is 1.10 bits per heavy atom.